The molecule has 0 bridgehead atoms. The topological polar surface area (TPSA) is 96.4 Å². The fourth-order valence-electron chi connectivity index (χ4n) is 2.96. The number of nitrogens with zero attached hydrogens (tertiary/aromatic N) is 1. The van der Waals surface area contributed by atoms with E-state index in [0.29, 0.717) is 5.92 Å². The molecule has 7 heteroatoms. The lowest BCUT2D eigenvalue weighted by atomic mass is 10.00. The van der Waals surface area contributed by atoms with Crippen LogP contribution in [0.4, 0.5) is 5.69 Å². The smallest absolute Gasteiger partial charge is 0.335 e. The van der Waals surface area contributed by atoms with Gasteiger partial charge in [-0.3, -0.25) is 4.72 Å². The Balaban J connectivity index is 0.000000253. The predicted molar refractivity (Wildman–Crippen MR) is 114 cm³/mol. The van der Waals surface area contributed by atoms with Crippen LogP contribution in [0, 0.1) is 5.92 Å². The highest BCUT2D eigenvalue weighted by Crippen LogP contribution is 2.35. The van der Waals surface area contributed by atoms with Crippen molar-refractivity contribution < 1.29 is 18.3 Å². The van der Waals surface area contributed by atoms with Crippen molar-refractivity contribution in [3.05, 3.63) is 76.5 Å². The molecular weight excluding hydrogens is 388 g/mol. The van der Waals surface area contributed by atoms with Crippen molar-refractivity contribution in [3.63, 3.8) is 0 Å². The van der Waals surface area contributed by atoms with Crippen molar-refractivity contribution in [2.24, 2.45) is 5.92 Å². The summed E-state index contributed by atoms with van der Waals surface area (Å²) in [6.07, 6.45) is 1.38. The van der Waals surface area contributed by atoms with Crippen molar-refractivity contribution in [1.29, 1.82) is 0 Å². The minimum Gasteiger partial charge on any atom is -0.478 e. The molecule has 1 heterocycles. The number of sulfonamides is 1. The predicted octanol–water partition coefficient (Wildman–Crippen LogP) is 4.89. The van der Waals surface area contributed by atoms with Gasteiger partial charge in [-0.05, 0) is 81.2 Å². The van der Waals surface area contributed by atoms with Crippen LogP contribution in [0.3, 0.4) is 0 Å². The fraction of sp³-hybridized carbons (Fsp3) is 0.273. The Morgan fingerprint density at radius 3 is 1.90 bits per heavy atom. The van der Waals surface area contributed by atoms with E-state index in [4.69, 9.17) is 5.11 Å². The molecule has 0 saturated heterocycles. The van der Waals surface area contributed by atoms with Gasteiger partial charge in [0.15, 0.2) is 5.03 Å². The first-order valence-corrected chi connectivity index (χ1v) is 10.6. The summed E-state index contributed by atoms with van der Waals surface area (Å²) in [6, 6.07) is 9.94. The number of carboxylic acids is 1. The van der Waals surface area contributed by atoms with E-state index in [9.17, 15) is 13.2 Å². The highest BCUT2D eigenvalue weighted by Gasteiger charge is 2.19. The average molecular weight is 415 g/mol. The second-order valence-electron chi connectivity index (χ2n) is 6.99. The Morgan fingerprint density at radius 2 is 1.52 bits per heavy atom. The minimum atomic E-state index is -3.75. The molecule has 0 spiro atoms. The van der Waals surface area contributed by atoms with Gasteiger partial charge in [0, 0.05) is 11.9 Å². The number of aromatic carboxylic acids is 1. The maximum atomic E-state index is 11.9. The molecule has 2 aromatic rings. The Morgan fingerprint density at radius 1 is 0.966 bits per heavy atom. The van der Waals surface area contributed by atoms with Gasteiger partial charge >= 0.3 is 5.97 Å². The van der Waals surface area contributed by atoms with Crippen LogP contribution in [-0.4, -0.2) is 24.5 Å². The average Bonchev–Trinajstić information content (AvgIpc) is 2.87. The Bertz CT molecular complexity index is 1030. The second kappa shape index (κ2) is 9.05. The summed E-state index contributed by atoms with van der Waals surface area (Å²) in [7, 11) is -3.75. The van der Waals surface area contributed by atoms with Gasteiger partial charge in [0.25, 0.3) is 10.0 Å². The molecule has 1 aromatic heterocycles. The van der Waals surface area contributed by atoms with E-state index in [0.717, 1.165) is 0 Å². The third-order valence-corrected chi connectivity index (χ3v) is 6.64. The summed E-state index contributed by atoms with van der Waals surface area (Å²) in [5.41, 5.74) is 6.47. The third-order valence-electron chi connectivity index (χ3n) is 5.34. The number of carboxylic acid groups (broad SMARTS) is 1. The van der Waals surface area contributed by atoms with E-state index < -0.39 is 16.0 Å². The number of pyridine rings is 1. The van der Waals surface area contributed by atoms with E-state index in [1.165, 1.54) is 47.7 Å². The lowest BCUT2D eigenvalue weighted by molar-refractivity contribution is 0.0697. The monoisotopic (exact) mass is 414 g/mol. The van der Waals surface area contributed by atoms with Crippen molar-refractivity contribution in [3.8, 4) is 0 Å². The van der Waals surface area contributed by atoms with Gasteiger partial charge in [0.05, 0.1) is 5.56 Å². The van der Waals surface area contributed by atoms with Gasteiger partial charge in [0.2, 0.25) is 0 Å². The summed E-state index contributed by atoms with van der Waals surface area (Å²) in [5.74, 6) is -0.376. The van der Waals surface area contributed by atoms with Gasteiger partial charge in [-0.15, -0.1) is 0 Å². The number of nitrogens with one attached hydrogen (secondary N) is 1. The lowest BCUT2D eigenvalue weighted by Gasteiger charge is -2.07. The van der Waals surface area contributed by atoms with Gasteiger partial charge in [-0.1, -0.05) is 24.1 Å². The molecule has 1 aromatic carbocycles. The summed E-state index contributed by atoms with van der Waals surface area (Å²) in [4.78, 5) is 14.4. The van der Waals surface area contributed by atoms with Crippen molar-refractivity contribution in [1.82, 2.24) is 4.98 Å². The van der Waals surface area contributed by atoms with Crippen LogP contribution in [0.1, 0.15) is 45.0 Å². The second-order valence-corrected chi connectivity index (χ2v) is 8.62. The highest BCUT2D eigenvalue weighted by atomic mass is 32.2. The number of hydrogen-bond acceptors (Lipinski definition) is 4. The molecule has 6 nitrogen and oxygen atoms in total. The first-order chi connectivity index (χ1) is 13.5. The number of allylic oxidation sites excluding steroid dienone is 4. The van der Waals surface area contributed by atoms with Crippen LogP contribution in [0.25, 0.3) is 0 Å². The number of carbonyl (C=O) groups is 1. The number of anilines is 1. The van der Waals surface area contributed by atoms with Crippen LogP contribution in [0.15, 0.2) is 76.0 Å². The van der Waals surface area contributed by atoms with E-state index in [2.05, 4.69) is 44.3 Å². The molecule has 0 radical (unpaired) electrons. The molecule has 0 fully saturated rings. The van der Waals surface area contributed by atoms with E-state index in [1.54, 1.807) is 23.3 Å². The van der Waals surface area contributed by atoms with Gasteiger partial charge in [-0.2, -0.15) is 8.42 Å². The number of aromatic nitrogens is 1. The van der Waals surface area contributed by atoms with Crippen LogP contribution < -0.4 is 4.72 Å². The minimum absolute atomic E-state index is 0.0841. The zero-order valence-electron chi connectivity index (χ0n) is 17.2. The zero-order chi connectivity index (χ0) is 21.8. The van der Waals surface area contributed by atoms with E-state index in [-0.39, 0.29) is 16.3 Å². The zero-order valence-corrected chi connectivity index (χ0v) is 18.0. The SMILES string of the molecule is CC1=C(C)C(C)C(C)=C1C.O=C(O)c1ccc(NS(=O)(=O)c2ccccn2)cc1. The molecule has 2 N–H and O–H groups in total. The van der Waals surface area contributed by atoms with Crippen molar-refractivity contribution in [2.45, 2.75) is 39.6 Å². The van der Waals surface area contributed by atoms with E-state index in [1.807, 2.05) is 0 Å². The lowest BCUT2D eigenvalue weighted by Crippen LogP contribution is -2.14. The largest absolute Gasteiger partial charge is 0.478 e. The maximum absolute atomic E-state index is 11.9. The molecule has 0 saturated carbocycles. The molecule has 154 valence electrons. The van der Waals surface area contributed by atoms with E-state index >= 15 is 0 Å². The molecule has 1 aliphatic rings. The maximum Gasteiger partial charge on any atom is 0.335 e. The molecule has 0 aliphatic heterocycles. The molecular formula is C22H26N2O4S. The molecule has 29 heavy (non-hydrogen) atoms. The van der Waals surface area contributed by atoms with Crippen LogP contribution >= 0.6 is 0 Å². The molecule has 0 atom stereocenters. The van der Waals surface area contributed by atoms with Crippen molar-refractivity contribution in [2.75, 3.05) is 4.72 Å². The Labute approximate surface area is 172 Å². The summed E-state index contributed by atoms with van der Waals surface area (Å²) < 4.78 is 26.2. The Kier molecular flexibility index (Phi) is 6.97. The molecule has 3 rings (SSSR count). The Hall–Kier alpha value is -2.93. The van der Waals surface area contributed by atoms with Crippen LogP contribution in [0.2, 0.25) is 0 Å². The van der Waals surface area contributed by atoms with Crippen molar-refractivity contribution >= 4 is 21.7 Å². The number of rotatable bonds is 4. The summed E-state index contributed by atoms with van der Waals surface area (Å²) >= 11 is 0. The number of benzene rings is 1. The van der Waals surface area contributed by atoms with Gasteiger partial charge in [0.1, 0.15) is 0 Å². The molecule has 1 aliphatic carbocycles. The van der Waals surface area contributed by atoms with Crippen LogP contribution in [0.5, 0.6) is 0 Å². The summed E-state index contributed by atoms with van der Waals surface area (Å²) in [5, 5.41) is 8.64. The fourth-order valence-corrected chi connectivity index (χ4v) is 3.97. The highest BCUT2D eigenvalue weighted by molar-refractivity contribution is 7.92. The first kappa shape index (κ1) is 22.4. The number of hydrogen-bond donors (Lipinski definition) is 2. The quantitative estimate of drug-likeness (QED) is 0.742. The van der Waals surface area contributed by atoms with Crippen LogP contribution in [-0.2, 0) is 10.0 Å². The third kappa shape index (κ3) is 5.32. The standard InChI is InChI=1S/C12H10N2O4S.C10H16/c15-12(16)9-4-6-10(7-5-9)14-19(17,18)11-3-1-2-8-13-11;1-6-7(2)9(4)10(5)8(6)3/h1-8,14H,(H,15,16);6H,1-5H3. The molecule has 0 amide bonds. The molecule has 0 unspecified atom stereocenters. The van der Waals surface area contributed by atoms with Gasteiger partial charge in [-0.25, -0.2) is 9.78 Å². The summed E-state index contributed by atoms with van der Waals surface area (Å²) in [6.45, 7) is 11.2. The van der Waals surface area contributed by atoms with Gasteiger partial charge < -0.3 is 5.11 Å². The normalized spacial score (nSPS) is 14.5. The first-order valence-electron chi connectivity index (χ1n) is 9.17.